The minimum atomic E-state index is -3.65. The topological polar surface area (TPSA) is 104 Å². The van der Waals surface area contributed by atoms with Crippen LogP contribution in [0, 0.1) is 6.92 Å². The van der Waals surface area contributed by atoms with Crippen LogP contribution in [0.4, 0.5) is 5.82 Å². The summed E-state index contributed by atoms with van der Waals surface area (Å²) in [6.45, 7) is 3.27. The summed E-state index contributed by atoms with van der Waals surface area (Å²) in [6.07, 6.45) is 1.57. The molecule has 1 aromatic heterocycles. The van der Waals surface area contributed by atoms with E-state index in [0.29, 0.717) is 0 Å². The summed E-state index contributed by atoms with van der Waals surface area (Å²) in [5.41, 5.74) is 0.755. The Bertz CT molecular complexity index is 597. The first kappa shape index (κ1) is 12.8. The number of fused-ring (bicyclic) bond motifs is 1. The standard InChI is InChI=1S/C10H14N4O3S/c1-6-3-8-9(11-4-6)13-10(12-7(2)5-15)14-18(8,16)17/h3-4,7,15H,5H2,1-2H3,(H2,11,12,13,14). The molecule has 0 fully saturated rings. The zero-order chi connectivity index (χ0) is 13.3. The Labute approximate surface area is 105 Å². The van der Waals surface area contributed by atoms with Crippen molar-refractivity contribution >= 4 is 21.8 Å². The number of anilines is 1. The number of aliphatic hydroxyl groups is 1. The van der Waals surface area contributed by atoms with Gasteiger partial charge >= 0.3 is 0 Å². The number of aryl methyl sites for hydroxylation is 1. The van der Waals surface area contributed by atoms with Gasteiger partial charge in [0.2, 0.25) is 5.96 Å². The second kappa shape index (κ2) is 4.54. The molecular weight excluding hydrogens is 256 g/mol. The Hall–Kier alpha value is -1.67. The van der Waals surface area contributed by atoms with Gasteiger partial charge in [0.05, 0.1) is 12.6 Å². The number of aliphatic imine (C=N–C) groups is 1. The number of hydrogen-bond acceptors (Lipinski definition) is 5. The van der Waals surface area contributed by atoms with Gasteiger partial charge in [0.25, 0.3) is 10.0 Å². The summed E-state index contributed by atoms with van der Waals surface area (Å²) in [5.74, 6) is 0.309. The Kier molecular flexibility index (Phi) is 3.22. The number of pyridine rings is 1. The minimum absolute atomic E-state index is 0.0698. The molecule has 18 heavy (non-hydrogen) atoms. The van der Waals surface area contributed by atoms with E-state index < -0.39 is 16.1 Å². The molecule has 0 amide bonds. The molecular formula is C10H14N4O3S. The van der Waals surface area contributed by atoms with Crippen molar-refractivity contribution in [1.82, 2.24) is 9.71 Å². The summed E-state index contributed by atoms with van der Waals surface area (Å²) >= 11 is 0. The average Bonchev–Trinajstić information content (AvgIpc) is 2.29. The molecule has 98 valence electrons. The van der Waals surface area contributed by atoms with Gasteiger partial charge in [-0.2, -0.15) is 0 Å². The van der Waals surface area contributed by atoms with Gasteiger partial charge < -0.3 is 10.4 Å². The second-order valence-electron chi connectivity index (χ2n) is 4.10. The third-order valence-electron chi connectivity index (χ3n) is 2.36. The highest BCUT2D eigenvalue weighted by molar-refractivity contribution is 7.90. The van der Waals surface area contributed by atoms with Gasteiger partial charge in [-0.25, -0.2) is 23.1 Å². The molecule has 0 saturated heterocycles. The highest BCUT2D eigenvalue weighted by atomic mass is 32.2. The molecule has 7 nitrogen and oxygen atoms in total. The maximum Gasteiger partial charge on any atom is 0.267 e. The van der Waals surface area contributed by atoms with E-state index in [2.05, 4.69) is 20.0 Å². The summed E-state index contributed by atoms with van der Waals surface area (Å²) in [4.78, 5) is 8.12. The molecule has 1 aromatic rings. The predicted molar refractivity (Wildman–Crippen MR) is 66.9 cm³/mol. The molecule has 2 heterocycles. The lowest BCUT2D eigenvalue weighted by Crippen LogP contribution is -2.42. The number of hydrogen-bond donors (Lipinski definition) is 3. The predicted octanol–water partition coefficient (Wildman–Crippen LogP) is -0.169. The van der Waals surface area contributed by atoms with Crippen molar-refractivity contribution in [3.05, 3.63) is 17.8 Å². The number of nitrogens with zero attached hydrogens (tertiary/aromatic N) is 2. The number of aromatic nitrogens is 1. The van der Waals surface area contributed by atoms with Crippen LogP contribution in [0.25, 0.3) is 0 Å². The van der Waals surface area contributed by atoms with Crippen molar-refractivity contribution in [2.75, 3.05) is 11.9 Å². The molecule has 0 aliphatic carbocycles. The molecule has 0 saturated carbocycles. The van der Waals surface area contributed by atoms with Gasteiger partial charge in [0.1, 0.15) is 4.90 Å². The largest absolute Gasteiger partial charge is 0.394 e. The van der Waals surface area contributed by atoms with Crippen molar-refractivity contribution < 1.29 is 13.5 Å². The molecule has 3 N–H and O–H groups in total. The highest BCUT2D eigenvalue weighted by Crippen LogP contribution is 2.22. The highest BCUT2D eigenvalue weighted by Gasteiger charge is 2.27. The minimum Gasteiger partial charge on any atom is -0.394 e. The first-order valence-corrected chi connectivity index (χ1v) is 6.86. The Balaban J connectivity index is 2.45. The third kappa shape index (κ3) is 2.44. The quantitative estimate of drug-likeness (QED) is 0.692. The van der Waals surface area contributed by atoms with Crippen LogP contribution in [0.15, 0.2) is 22.2 Å². The molecule has 0 spiro atoms. The molecule has 1 unspecified atom stereocenters. The van der Waals surface area contributed by atoms with Crippen LogP contribution >= 0.6 is 0 Å². The number of nitrogens with one attached hydrogen (secondary N) is 2. The summed E-state index contributed by atoms with van der Waals surface area (Å²) in [5, 5.41) is 11.7. The number of sulfonamides is 1. The van der Waals surface area contributed by atoms with Crippen LogP contribution in [-0.4, -0.2) is 37.1 Å². The van der Waals surface area contributed by atoms with Crippen molar-refractivity contribution in [3.8, 4) is 0 Å². The van der Waals surface area contributed by atoms with Crippen LogP contribution in [0.2, 0.25) is 0 Å². The maximum absolute atomic E-state index is 12.0. The van der Waals surface area contributed by atoms with E-state index in [1.54, 1.807) is 20.0 Å². The zero-order valence-electron chi connectivity index (χ0n) is 10.0. The monoisotopic (exact) mass is 270 g/mol. The van der Waals surface area contributed by atoms with Gasteiger partial charge in [0, 0.05) is 6.20 Å². The van der Waals surface area contributed by atoms with Crippen molar-refractivity contribution in [1.29, 1.82) is 0 Å². The van der Waals surface area contributed by atoms with Crippen LogP contribution in [0.1, 0.15) is 12.5 Å². The Morgan fingerprint density at radius 2 is 2.28 bits per heavy atom. The van der Waals surface area contributed by atoms with E-state index in [0.717, 1.165) is 5.56 Å². The SMILES string of the molecule is Cc1cnc2c(c1)S(=O)(=O)NC(=NC(C)CO)N2. The van der Waals surface area contributed by atoms with Crippen LogP contribution < -0.4 is 10.0 Å². The normalized spacial score (nSPS) is 20.7. The van der Waals surface area contributed by atoms with E-state index in [4.69, 9.17) is 5.11 Å². The zero-order valence-corrected chi connectivity index (χ0v) is 10.8. The Morgan fingerprint density at radius 1 is 1.56 bits per heavy atom. The van der Waals surface area contributed by atoms with E-state index in [1.165, 1.54) is 6.07 Å². The molecule has 1 aliphatic rings. The molecule has 2 rings (SSSR count). The lowest BCUT2D eigenvalue weighted by atomic mass is 10.3. The van der Waals surface area contributed by atoms with Crippen molar-refractivity contribution in [2.45, 2.75) is 24.8 Å². The van der Waals surface area contributed by atoms with Gasteiger partial charge in [-0.05, 0) is 25.5 Å². The van der Waals surface area contributed by atoms with E-state index in [1.807, 2.05) is 0 Å². The molecule has 0 aromatic carbocycles. The fraction of sp³-hybridized carbons (Fsp3) is 0.400. The van der Waals surface area contributed by atoms with Gasteiger partial charge in [-0.1, -0.05) is 0 Å². The third-order valence-corrected chi connectivity index (χ3v) is 3.71. The van der Waals surface area contributed by atoms with Crippen LogP contribution in [0.5, 0.6) is 0 Å². The lowest BCUT2D eigenvalue weighted by molar-refractivity contribution is 0.274. The maximum atomic E-state index is 12.0. The van der Waals surface area contributed by atoms with E-state index >= 15 is 0 Å². The van der Waals surface area contributed by atoms with E-state index in [-0.39, 0.29) is 23.3 Å². The van der Waals surface area contributed by atoms with Gasteiger partial charge in [0.15, 0.2) is 5.82 Å². The summed E-state index contributed by atoms with van der Waals surface area (Å²) < 4.78 is 26.2. The van der Waals surface area contributed by atoms with Crippen LogP contribution in [-0.2, 0) is 10.0 Å². The van der Waals surface area contributed by atoms with Crippen LogP contribution in [0.3, 0.4) is 0 Å². The average molecular weight is 270 g/mol. The summed E-state index contributed by atoms with van der Waals surface area (Å²) in [6, 6.07) is 1.13. The number of rotatable bonds is 2. The smallest absolute Gasteiger partial charge is 0.267 e. The molecule has 1 atom stereocenters. The van der Waals surface area contributed by atoms with E-state index in [9.17, 15) is 8.42 Å². The summed E-state index contributed by atoms with van der Waals surface area (Å²) in [7, 11) is -3.65. The number of guanidine groups is 1. The fourth-order valence-corrected chi connectivity index (χ4v) is 2.65. The Morgan fingerprint density at radius 3 is 2.94 bits per heavy atom. The molecule has 1 aliphatic heterocycles. The van der Waals surface area contributed by atoms with Crippen molar-refractivity contribution in [2.24, 2.45) is 4.99 Å². The first-order chi connectivity index (χ1) is 8.42. The molecule has 0 bridgehead atoms. The molecule has 8 heteroatoms. The fourth-order valence-electron chi connectivity index (χ4n) is 1.48. The molecule has 0 radical (unpaired) electrons. The number of aliphatic hydroxyl groups excluding tert-OH is 1. The second-order valence-corrected chi connectivity index (χ2v) is 5.75. The van der Waals surface area contributed by atoms with Gasteiger partial charge in [-0.3, -0.25) is 0 Å². The van der Waals surface area contributed by atoms with Crippen molar-refractivity contribution in [3.63, 3.8) is 0 Å². The van der Waals surface area contributed by atoms with Gasteiger partial charge in [-0.15, -0.1) is 0 Å². The lowest BCUT2D eigenvalue weighted by Gasteiger charge is -2.21. The first-order valence-electron chi connectivity index (χ1n) is 5.37.